The monoisotopic (exact) mass is 486 g/mol. The van der Waals surface area contributed by atoms with Crippen molar-refractivity contribution in [1.29, 1.82) is 0 Å². The van der Waals surface area contributed by atoms with Crippen molar-refractivity contribution in [3.05, 3.63) is 29.8 Å². The number of halogens is 1. The molecule has 152 valence electrons. The maximum Gasteiger partial charge on any atom is 0.191 e. The van der Waals surface area contributed by atoms with Crippen molar-refractivity contribution >= 4 is 29.9 Å². The molecule has 0 spiro atoms. The van der Waals surface area contributed by atoms with Gasteiger partial charge in [0, 0.05) is 44.3 Å². The summed E-state index contributed by atoms with van der Waals surface area (Å²) in [5, 5.41) is 7.04. The predicted molar refractivity (Wildman–Crippen MR) is 123 cm³/mol. The molecule has 1 aliphatic carbocycles. The zero-order valence-corrected chi connectivity index (χ0v) is 19.2. The van der Waals surface area contributed by atoms with E-state index < -0.39 is 0 Å². The van der Waals surface area contributed by atoms with Crippen LogP contribution < -0.4 is 15.4 Å². The molecule has 0 atom stereocenters. The second kappa shape index (κ2) is 11.1. The number of nitrogens with one attached hydrogen (secondary N) is 2. The molecular formula is C21H35IN4O. The van der Waals surface area contributed by atoms with Gasteiger partial charge in [0.1, 0.15) is 5.75 Å². The van der Waals surface area contributed by atoms with Crippen molar-refractivity contribution in [2.24, 2.45) is 10.9 Å². The van der Waals surface area contributed by atoms with Gasteiger partial charge in [-0.05, 0) is 51.5 Å². The van der Waals surface area contributed by atoms with Crippen LogP contribution in [0, 0.1) is 5.92 Å². The van der Waals surface area contributed by atoms with E-state index in [9.17, 15) is 0 Å². The molecule has 6 heteroatoms. The van der Waals surface area contributed by atoms with E-state index in [0.717, 1.165) is 43.9 Å². The largest absolute Gasteiger partial charge is 0.493 e. The average molecular weight is 486 g/mol. The lowest BCUT2D eigenvalue weighted by Gasteiger charge is -2.35. The molecule has 0 amide bonds. The second-order valence-corrected chi connectivity index (χ2v) is 7.84. The summed E-state index contributed by atoms with van der Waals surface area (Å²) in [5.41, 5.74) is 1.19. The SMILES string of the molecule is CN=C(NCc1ccccc1OCC1CC1)NC1CCN(C(C)C)CC1.I. The van der Waals surface area contributed by atoms with Crippen molar-refractivity contribution < 1.29 is 4.74 Å². The molecule has 2 fully saturated rings. The van der Waals surface area contributed by atoms with E-state index in [1.807, 2.05) is 13.1 Å². The lowest BCUT2D eigenvalue weighted by atomic mass is 10.0. The second-order valence-electron chi connectivity index (χ2n) is 7.84. The summed E-state index contributed by atoms with van der Waals surface area (Å²) < 4.78 is 6.01. The highest BCUT2D eigenvalue weighted by Crippen LogP contribution is 2.30. The Hall–Kier alpha value is -1.02. The van der Waals surface area contributed by atoms with Crippen molar-refractivity contribution in [1.82, 2.24) is 15.5 Å². The topological polar surface area (TPSA) is 48.9 Å². The molecule has 27 heavy (non-hydrogen) atoms. The van der Waals surface area contributed by atoms with Crippen LogP contribution >= 0.6 is 24.0 Å². The zero-order valence-electron chi connectivity index (χ0n) is 16.9. The minimum absolute atomic E-state index is 0. The van der Waals surface area contributed by atoms with E-state index in [0.29, 0.717) is 12.1 Å². The summed E-state index contributed by atoms with van der Waals surface area (Å²) in [6.45, 7) is 8.44. The maximum atomic E-state index is 6.01. The van der Waals surface area contributed by atoms with Gasteiger partial charge in [0.15, 0.2) is 5.96 Å². The third-order valence-corrected chi connectivity index (χ3v) is 5.41. The third-order valence-electron chi connectivity index (χ3n) is 5.41. The maximum absolute atomic E-state index is 6.01. The van der Waals surface area contributed by atoms with Gasteiger partial charge in [0.2, 0.25) is 0 Å². The Kier molecular flexibility index (Phi) is 9.15. The van der Waals surface area contributed by atoms with E-state index in [2.05, 4.69) is 52.6 Å². The fourth-order valence-corrected chi connectivity index (χ4v) is 3.41. The predicted octanol–water partition coefficient (Wildman–Crippen LogP) is 3.63. The first-order chi connectivity index (χ1) is 12.7. The summed E-state index contributed by atoms with van der Waals surface area (Å²) in [4.78, 5) is 6.95. The Balaban J connectivity index is 0.00000261. The number of guanidine groups is 1. The first-order valence-electron chi connectivity index (χ1n) is 10.1. The zero-order chi connectivity index (χ0) is 18.4. The van der Waals surface area contributed by atoms with Crippen molar-refractivity contribution in [3.8, 4) is 5.75 Å². The Bertz CT molecular complexity index is 596. The van der Waals surface area contributed by atoms with Gasteiger partial charge in [-0.1, -0.05) is 18.2 Å². The molecule has 0 radical (unpaired) electrons. The van der Waals surface area contributed by atoms with Gasteiger partial charge in [0.05, 0.1) is 6.61 Å². The Morgan fingerprint density at radius 2 is 1.89 bits per heavy atom. The third kappa shape index (κ3) is 7.14. The highest BCUT2D eigenvalue weighted by Gasteiger charge is 2.23. The summed E-state index contributed by atoms with van der Waals surface area (Å²) in [7, 11) is 1.84. The minimum atomic E-state index is 0. The number of ether oxygens (including phenoxy) is 1. The molecule has 0 unspecified atom stereocenters. The highest BCUT2D eigenvalue weighted by molar-refractivity contribution is 14.0. The molecule has 3 rings (SSSR count). The molecule has 5 nitrogen and oxygen atoms in total. The number of hydrogen-bond acceptors (Lipinski definition) is 3. The molecule has 1 aliphatic heterocycles. The van der Waals surface area contributed by atoms with Crippen molar-refractivity contribution in [2.75, 3.05) is 26.7 Å². The molecule has 0 aromatic heterocycles. The Labute approximate surface area is 181 Å². The molecule has 2 aliphatic rings. The lowest BCUT2D eigenvalue weighted by molar-refractivity contribution is 0.167. The molecule has 1 aromatic carbocycles. The van der Waals surface area contributed by atoms with Crippen LogP contribution in [0.1, 0.15) is 45.1 Å². The van der Waals surface area contributed by atoms with Crippen LogP contribution in [0.25, 0.3) is 0 Å². The number of para-hydroxylation sites is 1. The molecular weight excluding hydrogens is 451 g/mol. The molecule has 1 heterocycles. The van der Waals surface area contributed by atoms with Gasteiger partial charge < -0.3 is 20.3 Å². The number of rotatable bonds is 7. The van der Waals surface area contributed by atoms with Crippen LogP contribution in [-0.4, -0.2) is 49.7 Å². The number of nitrogens with zero attached hydrogens (tertiary/aromatic N) is 2. The number of likely N-dealkylation sites (tertiary alicyclic amines) is 1. The standard InChI is InChI=1S/C21H34N4O.HI/c1-16(2)25-12-10-19(11-13-25)24-21(22-3)23-14-18-6-4-5-7-20(18)26-15-17-8-9-17;/h4-7,16-17,19H,8-15H2,1-3H3,(H2,22,23,24);1H. The normalized spacial score (nSPS) is 18.9. The summed E-state index contributed by atoms with van der Waals surface area (Å²) >= 11 is 0. The molecule has 1 saturated carbocycles. The van der Waals surface area contributed by atoms with Crippen molar-refractivity contribution in [2.45, 2.75) is 58.2 Å². The summed E-state index contributed by atoms with van der Waals surface area (Å²) in [5.74, 6) is 2.64. The van der Waals surface area contributed by atoms with E-state index in [1.165, 1.54) is 31.2 Å². The van der Waals surface area contributed by atoms with E-state index in [4.69, 9.17) is 4.74 Å². The minimum Gasteiger partial charge on any atom is -0.493 e. The quantitative estimate of drug-likeness (QED) is 0.351. The first-order valence-corrected chi connectivity index (χ1v) is 10.1. The van der Waals surface area contributed by atoms with Crippen LogP contribution in [0.4, 0.5) is 0 Å². The molecule has 1 aromatic rings. The smallest absolute Gasteiger partial charge is 0.191 e. The van der Waals surface area contributed by atoms with Crippen LogP contribution in [0.15, 0.2) is 29.3 Å². The number of piperidine rings is 1. The van der Waals surface area contributed by atoms with Gasteiger partial charge in [-0.25, -0.2) is 0 Å². The highest BCUT2D eigenvalue weighted by atomic mass is 127. The van der Waals surface area contributed by atoms with Gasteiger partial charge in [-0.2, -0.15) is 0 Å². The average Bonchev–Trinajstić information content (AvgIpc) is 3.49. The van der Waals surface area contributed by atoms with Crippen LogP contribution in [-0.2, 0) is 6.54 Å². The van der Waals surface area contributed by atoms with Gasteiger partial charge in [-0.15, -0.1) is 24.0 Å². The first kappa shape index (κ1) is 22.3. The van der Waals surface area contributed by atoms with Gasteiger partial charge in [0.25, 0.3) is 0 Å². The Morgan fingerprint density at radius 3 is 2.52 bits per heavy atom. The lowest BCUT2D eigenvalue weighted by Crippen LogP contribution is -2.49. The van der Waals surface area contributed by atoms with Gasteiger partial charge in [-0.3, -0.25) is 4.99 Å². The fraction of sp³-hybridized carbons (Fsp3) is 0.667. The van der Waals surface area contributed by atoms with E-state index in [-0.39, 0.29) is 24.0 Å². The van der Waals surface area contributed by atoms with Crippen LogP contribution in [0.3, 0.4) is 0 Å². The summed E-state index contributed by atoms with van der Waals surface area (Å²) in [6.07, 6.45) is 4.96. The summed E-state index contributed by atoms with van der Waals surface area (Å²) in [6, 6.07) is 9.44. The van der Waals surface area contributed by atoms with Crippen LogP contribution in [0.5, 0.6) is 5.75 Å². The number of benzene rings is 1. The fourth-order valence-electron chi connectivity index (χ4n) is 3.41. The molecule has 1 saturated heterocycles. The van der Waals surface area contributed by atoms with Crippen molar-refractivity contribution in [3.63, 3.8) is 0 Å². The molecule has 2 N–H and O–H groups in total. The number of hydrogen-bond donors (Lipinski definition) is 2. The van der Waals surface area contributed by atoms with E-state index >= 15 is 0 Å². The molecule has 0 bridgehead atoms. The van der Waals surface area contributed by atoms with Gasteiger partial charge >= 0.3 is 0 Å². The van der Waals surface area contributed by atoms with E-state index in [1.54, 1.807) is 0 Å². The van der Waals surface area contributed by atoms with Crippen LogP contribution in [0.2, 0.25) is 0 Å². The Morgan fingerprint density at radius 1 is 1.19 bits per heavy atom. The number of aliphatic imine (C=N–C) groups is 1.